The number of nitrogens with one attached hydrogen (secondary N) is 1. The van der Waals surface area contributed by atoms with Gasteiger partial charge < -0.3 is 24.8 Å². The molecule has 1 aromatic heterocycles. The average Bonchev–Trinajstić information content (AvgIpc) is 3.22. The van der Waals surface area contributed by atoms with E-state index in [1.54, 1.807) is 24.5 Å². The Kier molecular flexibility index (Phi) is 17.7. The van der Waals surface area contributed by atoms with Crippen molar-refractivity contribution in [3.05, 3.63) is 125 Å². The summed E-state index contributed by atoms with van der Waals surface area (Å²) >= 11 is 0. The van der Waals surface area contributed by atoms with Crippen molar-refractivity contribution < 1.29 is 19.4 Å². The number of pyridine rings is 1. The van der Waals surface area contributed by atoms with Gasteiger partial charge in [-0.25, -0.2) is 0 Å². The van der Waals surface area contributed by atoms with Crippen molar-refractivity contribution in [2.24, 2.45) is 0 Å². The second-order valence-electron chi connectivity index (χ2n) is 14.9. The molecule has 2 heterocycles. The summed E-state index contributed by atoms with van der Waals surface area (Å²) in [6, 6.07) is 28.5. The maximum Gasteiger partial charge on any atom is 0.253 e. The predicted octanol–water partition coefficient (Wildman–Crippen LogP) is 10.7. The fraction of sp³-hybridized carbons (Fsp3) is 0.489. The van der Waals surface area contributed by atoms with Gasteiger partial charge in [-0.1, -0.05) is 139 Å². The Labute approximate surface area is 324 Å². The molecule has 0 spiro atoms. The Balaban J connectivity index is 1.30. The average molecular weight is 734 g/mol. The highest BCUT2D eigenvalue weighted by Gasteiger charge is 2.33. The normalized spacial score (nSPS) is 17.1. The number of rotatable bonds is 23. The number of unbranched alkanes of at least 4 members (excludes halogenated alkanes) is 10. The molecule has 0 bridgehead atoms. The maximum absolute atomic E-state index is 12.7. The lowest BCUT2D eigenvalue weighted by Crippen LogP contribution is -2.40. The van der Waals surface area contributed by atoms with Crippen LogP contribution in [0.4, 0.5) is 0 Å². The van der Waals surface area contributed by atoms with E-state index in [4.69, 9.17) is 9.47 Å². The van der Waals surface area contributed by atoms with Gasteiger partial charge in [0.15, 0.2) is 6.29 Å². The highest BCUT2D eigenvalue weighted by atomic mass is 16.7. The molecule has 0 saturated carbocycles. The van der Waals surface area contributed by atoms with Crippen LogP contribution in [0.2, 0.25) is 0 Å². The molecule has 7 nitrogen and oxygen atoms in total. The van der Waals surface area contributed by atoms with Gasteiger partial charge in [-0.2, -0.15) is 0 Å². The summed E-state index contributed by atoms with van der Waals surface area (Å²) in [6.45, 7) is 8.11. The summed E-state index contributed by atoms with van der Waals surface area (Å²) < 4.78 is 13.7. The highest BCUT2D eigenvalue weighted by molar-refractivity contribution is 5.93. The molecule has 0 unspecified atom stereocenters. The smallest absolute Gasteiger partial charge is 0.253 e. The van der Waals surface area contributed by atoms with Crippen LogP contribution in [0.5, 0.6) is 0 Å². The van der Waals surface area contributed by atoms with Gasteiger partial charge in [-0.05, 0) is 78.0 Å². The SMILES string of the molecule is CCCCCCCCN(CCCCCCCC)C[C@H]1C[C@@H](c2ccc(CO)cc2)O[C@@H](c2cccc(-c3cccc(CNC(=O)c4cccnc4)c3)c2)O1. The van der Waals surface area contributed by atoms with Gasteiger partial charge in [-0.15, -0.1) is 0 Å². The third kappa shape index (κ3) is 13.5. The Morgan fingerprint density at radius 3 is 2.07 bits per heavy atom. The van der Waals surface area contributed by atoms with Crippen LogP contribution in [0, 0.1) is 0 Å². The van der Waals surface area contributed by atoms with Crippen LogP contribution in [-0.4, -0.2) is 46.6 Å². The van der Waals surface area contributed by atoms with Gasteiger partial charge in [0.2, 0.25) is 0 Å². The molecule has 54 heavy (non-hydrogen) atoms. The molecule has 2 N–H and O–H groups in total. The van der Waals surface area contributed by atoms with Crippen LogP contribution in [-0.2, 0) is 22.6 Å². The van der Waals surface area contributed by atoms with Gasteiger partial charge in [-0.3, -0.25) is 9.78 Å². The Morgan fingerprint density at radius 2 is 1.41 bits per heavy atom. The van der Waals surface area contributed by atoms with Crippen LogP contribution in [0.3, 0.4) is 0 Å². The van der Waals surface area contributed by atoms with E-state index in [0.717, 1.165) is 59.4 Å². The number of aromatic nitrogens is 1. The van der Waals surface area contributed by atoms with Crippen LogP contribution < -0.4 is 5.32 Å². The second kappa shape index (κ2) is 23.1. The minimum absolute atomic E-state index is 0.0156. The zero-order valence-corrected chi connectivity index (χ0v) is 32.8. The molecule has 3 aromatic carbocycles. The van der Waals surface area contributed by atoms with E-state index in [1.807, 2.05) is 24.3 Å². The number of hydrogen-bond donors (Lipinski definition) is 2. The Morgan fingerprint density at radius 1 is 0.741 bits per heavy atom. The highest BCUT2D eigenvalue weighted by Crippen LogP contribution is 2.39. The zero-order chi connectivity index (χ0) is 37.8. The first-order valence-electron chi connectivity index (χ1n) is 20.7. The number of nitrogens with zero attached hydrogens (tertiary/aromatic N) is 2. The third-order valence-electron chi connectivity index (χ3n) is 10.5. The summed E-state index contributed by atoms with van der Waals surface area (Å²) in [5.74, 6) is -0.144. The molecule has 3 atom stereocenters. The number of hydrogen-bond acceptors (Lipinski definition) is 6. The minimum Gasteiger partial charge on any atom is -0.392 e. The van der Waals surface area contributed by atoms with E-state index in [9.17, 15) is 9.90 Å². The molecule has 1 aliphatic heterocycles. The van der Waals surface area contributed by atoms with Crippen molar-refractivity contribution in [1.29, 1.82) is 0 Å². The molecule has 7 heteroatoms. The molecule has 1 amide bonds. The van der Waals surface area contributed by atoms with Crippen LogP contribution in [0.1, 0.15) is 142 Å². The third-order valence-corrected chi connectivity index (χ3v) is 10.5. The summed E-state index contributed by atoms with van der Waals surface area (Å²) in [5, 5.41) is 12.7. The lowest BCUT2D eigenvalue weighted by Gasteiger charge is -2.38. The van der Waals surface area contributed by atoms with Gasteiger partial charge in [0.1, 0.15) is 0 Å². The summed E-state index contributed by atoms with van der Waals surface area (Å²) in [7, 11) is 0. The molecule has 1 aliphatic rings. The summed E-state index contributed by atoms with van der Waals surface area (Å²) in [4.78, 5) is 19.4. The first-order valence-corrected chi connectivity index (χ1v) is 20.7. The van der Waals surface area contributed by atoms with Crippen LogP contribution in [0.15, 0.2) is 97.3 Å². The largest absolute Gasteiger partial charge is 0.392 e. The molecule has 4 aromatic rings. The minimum atomic E-state index is -0.516. The Hall–Kier alpha value is -3.88. The maximum atomic E-state index is 12.7. The summed E-state index contributed by atoms with van der Waals surface area (Å²) in [6.07, 6.45) is 19.0. The van der Waals surface area contributed by atoms with Crippen LogP contribution >= 0.6 is 0 Å². The van der Waals surface area contributed by atoms with Crippen molar-refractivity contribution in [3.63, 3.8) is 0 Å². The van der Waals surface area contributed by atoms with Crippen LogP contribution in [0.25, 0.3) is 11.1 Å². The number of aliphatic hydroxyl groups is 1. The number of carbonyl (C=O) groups is 1. The molecular formula is C47H63N3O4. The van der Waals surface area contributed by atoms with Gasteiger partial charge in [0, 0.05) is 37.5 Å². The second-order valence-corrected chi connectivity index (χ2v) is 14.9. The topological polar surface area (TPSA) is 83.9 Å². The first-order chi connectivity index (χ1) is 26.6. The van der Waals surface area contributed by atoms with Gasteiger partial charge in [0.25, 0.3) is 5.91 Å². The predicted molar refractivity (Wildman–Crippen MR) is 219 cm³/mol. The van der Waals surface area contributed by atoms with E-state index >= 15 is 0 Å². The molecule has 290 valence electrons. The summed E-state index contributed by atoms with van der Waals surface area (Å²) in [5.41, 5.74) is 6.69. The van der Waals surface area contributed by atoms with E-state index in [2.05, 4.69) is 77.6 Å². The van der Waals surface area contributed by atoms with Crippen molar-refractivity contribution in [3.8, 4) is 11.1 Å². The van der Waals surface area contributed by atoms with Crippen molar-refractivity contribution in [2.75, 3.05) is 19.6 Å². The number of aliphatic hydroxyl groups excluding tert-OH is 1. The van der Waals surface area contributed by atoms with E-state index in [1.165, 1.54) is 77.0 Å². The fourth-order valence-electron chi connectivity index (χ4n) is 7.35. The van der Waals surface area contributed by atoms with E-state index in [-0.39, 0.29) is 24.7 Å². The number of benzene rings is 3. The number of amides is 1. The van der Waals surface area contributed by atoms with Gasteiger partial charge in [0.05, 0.1) is 24.4 Å². The van der Waals surface area contributed by atoms with Crippen molar-refractivity contribution >= 4 is 5.91 Å². The number of carbonyl (C=O) groups excluding carboxylic acids is 1. The van der Waals surface area contributed by atoms with E-state index in [0.29, 0.717) is 12.1 Å². The van der Waals surface area contributed by atoms with Crippen molar-refractivity contribution in [2.45, 2.75) is 129 Å². The quantitative estimate of drug-likeness (QED) is 0.0739. The molecule has 1 fully saturated rings. The zero-order valence-electron chi connectivity index (χ0n) is 32.8. The molecular weight excluding hydrogens is 671 g/mol. The van der Waals surface area contributed by atoms with E-state index < -0.39 is 6.29 Å². The molecule has 0 aliphatic carbocycles. The lowest BCUT2D eigenvalue weighted by molar-refractivity contribution is -0.253. The lowest BCUT2D eigenvalue weighted by atomic mass is 9.98. The molecule has 5 rings (SSSR count). The molecule has 1 saturated heterocycles. The first kappa shape index (κ1) is 41.3. The van der Waals surface area contributed by atoms with Gasteiger partial charge >= 0.3 is 0 Å². The van der Waals surface area contributed by atoms with Crippen molar-refractivity contribution in [1.82, 2.24) is 15.2 Å². The standard InChI is InChI=1S/C47H63N3O4/c1-3-5-7-9-11-13-28-50(29-14-12-10-8-6-4-2)35-44-32-45(39-25-23-37(36-51)24-26-39)54-47(53-44)42-21-16-20-41(31-42)40-19-15-18-38(30-40)33-49-46(52)43-22-17-27-48-34-43/h15-27,30-31,34,44-45,47,51H,3-14,28-29,32-33,35-36H2,1-2H3,(H,49,52)/t44-,45+,47+/m1/s1. The monoisotopic (exact) mass is 733 g/mol. The fourth-order valence-corrected chi connectivity index (χ4v) is 7.35. The molecule has 0 radical (unpaired) electrons. The number of ether oxygens (including phenoxy) is 2. The Bertz CT molecular complexity index is 1630.